The summed E-state index contributed by atoms with van der Waals surface area (Å²) in [6, 6.07) is 3.74. The van der Waals surface area contributed by atoms with Gasteiger partial charge in [-0.05, 0) is 26.0 Å². The molecule has 0 radical (unpaired) electrons. The molecule has 3 N–H and O–H groups in total. The first-order chi connectivity index (χ1) is 11.3. The van der Waals surface area contributed by atoms with Gasteiger partial charge < -0.3 is 15.9 Å². The van der Waals surface area contributed by atoms with Crippen LogP contribution in [0.2, 0.25) is 0 Å². The van der Waals surface area contributed by atoms with Crippen molar-refractivity contribution in [1.29, 1.82) is 0 Å². The summed E-state index contributed by atoms with van der Waals surface area (Å²) in [7, 11) is 0. The van der Waals surface area contributed by atoms with Gasteiger partial charge in [0.15, 0.2) is 11.6 Å². The van der Waals surface area contributed by atoms with Crippen LogP contribution in [0, 0.1) is 0 Å². The molecule has 3 aromatic rings. The van der Waals surface area contributed by atoms with E-state index in [9.17, 15) is 0 Å². The number of nitrogens with one attached hydrogen (secondary N) is 1. The van der Waals surface area contributed by atoms with Gasteiger partial charge in [0, 0.05) is 19.3 Å². The van der Waals surface area contributed by atoms with E-state index < -0.39 is 0 Å². The summed E-state index contributed by atoms with van der Waals surface area (Å²) >= 11 is 0. The summed E-state index contributed by atoms with van der Waals surface area (Å²) < 4.78 is 7.38. The Morgan fingerprint density at radius 1 is 1.22 bits per heavy atom. The van der Waals surface area contributed by atoms with Crippen LogP contribution in [0.5, 0.6) is 0 Å². The SMILES string of the molecule is CC.CCNn1c(COCC)nc2c(N)nc3cccnc3c21. The zero-order chi connectivity index (χ0) is 16.8. The highest BCUT2D eigenvalue weighted by molar-refractivity contribution is 6.04. The van der Waals surface area contributed by atoms with Crippen molar-refractivity contribution in [1.82, 2.24) is 19.6 Å². The third kappa shape index (κ3) is 3.19. The van der Waals surface area contributed by atoms with Crippen LogP contribution >= 0.6 is 0 Å². The normalized spacial score (nSPS) is 10.6. The largest absolute Gasteiger partial charge is 0.382 e. The Morgan fingerprint density at radius 3 is 2.70 bits per heavy atom. The maximum atomic E-state index is 6.05. The van der Waals surface area contributed by atoms with Gasteiger partial charge >= 0.3 is 0 Å². The predicted molar refractivity (Wildman–Crippen MR) is 93.8 cm³/mol. The number of hydrogen-bond donors (Lipinski definition) is 2. The van der Waals surface area contributed by atoms with Crippen LogP contribution in [0.4, 0.5) is 5.82 Å². The summed E-state index contributed by atoms with van der Waals surface area (Å²) in [5, 5.41) is 0. The maximum absolute atomic E-state index is 6.05. The molecule has 0 saturated carbocycles. The van der Waals surface area contributed by atoms with Gasteiger partial charge in [0.2, 0.25) is 0 Å². The summed E-state index contributed by atoms with van der Waals surface area (Å²) in [5.41, 5.74) is 12.3. The van der Waals surface area contributed by atoms with Gasteiger partial charge in [-0.3, -0.25) is 4.98 Å². The first-order valence-electron chi connectivity index (χ1n) is 7.99. The number of nitrogens with zero attached hydrogens (tertiary/aromatic N) is 4. The smallest absolute Gasteiger partial charge is 0.154 e. The second-order valence-electron chi connectivity index (χ2n) is 4.58. The minimum Gasteiger partial charge on any atom is -0.382 e. The van der Waals surface area contributed by atoms with Gasteiger partial charge in [-0.15, -0.1) is 0 Å². The van der Waals surface area contributed by atoms with E-state index in [-0.39, 0.29) is 0 Å². The zero-order valence-corrected chi connectivity index (χ0v) is 14.1. The molecule has 3 aromatic heterocycles. The van der Waals surface area contributed by atoms with Gasteiger partial charge in [-0.2, -0.15) is 0 Å². The molecule has 7 heteroatoms. The van der Waals surface area contributed by atoms with E-state index >= 15 is 0 Å². The van der Waals surface area contributed by atoms with Crippen LogP contribution in [0.15, 0.2) is 18.3 Å². The number of ether oxygens (including phenoxy) is 1. The lowest BCUT2D eigenvalue weighted by molar-refractivity contribution is 0.127. The highest BCUT2D eigenvalue weighted by Crippen LogP contribution is 2.26. The molecule has 3 heterocycles. The van der Waals surface area contributed by atoms with Crippen LogP contribution in [0.3, 0.4) is 0 Å². The van der Waals surface area contributed by atoms with Crippen molar-refractivity contribution in [3.05, 3.63) is 24.2 Å². The Kier molecular flexibility index (Phi) is 5.70. The van der Waals surface area contributed by atoms with E-state index in [0.717, 1.165) is 28.9 Å². The van der Waals surface area contributed by atoms with Gasteiger partial charge in [-0.25, -0.2) is 14.6 Å². The lowest BCUT2D eigenvalue weighted by Crippen LogP contribution is -2.18. The fourth-order valence-corrected chi connectivity index (χ4v) is 2.33. The molecule has 0 amide bonds. The fourth-order valence-electron chi connectivity index (χ4n) is 2.33. The Balaban J connectivity index is 0.000000924. The number of aromatic nitrogens is 4. The molecule has 23 heavy (non-hydrogen) atoms. The number of hydrogen-bond acceptors (Lipinski definition) is 6. The quantitative estimate of drug-likeness (QED) is 0.752. The van der Waals surface area contributed by atoms with E-state index in [4.69, 9.17) is 10.5 Å². The first-order valence-corrected chi connectivity index (χ1v) is 7.99. The van der Waals surface area contributed by atoms with E-state index in [1.165, 1.54) is 0 Å². The molecule has 0 spiro atoms. The standard InChI is InChI=1S/C14H18N6O.C2H6/c1-3-17-20-10(8-21-4-2)19-12-13(20)11-9(18-14(12)15)6-5-7-16-11;1-2/h5-7,17H,3-4,8H2,1-2H3,(H2,15,18);1-2H3. The molecule has 0 unspecified atom stereocenters. The second-order valence-corrected chi connectivity index (χ2v) is 4.58. The van der Waals surface area contributed by atoms with E-state index in [1.54, 1.807) is 6.20 Å². The van der Waals surface area contributed by atoms with E-state index in [1.807, 2.05) is 44.5 Å². The van der Waals surface area contributed by atoms with Crippen molar-refractivity contribution in [3.8, 4) is 0 Å². The van der Waals surface area contributed by atoms with Gasteiger partial charge in [0.25, 0.3) is 0 Å². The van der Waals surface area contributed by atoms with E-state index in [2.05, 4.69) is 20.4 Å². The fraction of sp³-hybridized carbons (Fsp3) is 0.438. The molecule has 0 aromatic carbocycles. The number of rotatable bonds is 5. The lowest BCUT2D eigenvalue weighted by Gasteiger charge is -2.11. The Morgan fingerprint density at radius 2 is 2.00 bits per heavy atom. The highest BCUT2D eigenvalue weighted by atomic mass is 16.5. The molecule has 0 bridgehead atoms. The van der Waals surface area contributed by atoms with E-state index in [0.29, 0.717) is 24.5 Å². The Bertz CT molecular complexity index is 783. The number of nitrogens with two attached hydrogens (primary N) is 1. The lowest BCUT2D eigenvalue weighted by atomic mass is 10.3. The summed E-state index contributed by atoms with van der Waals surface area (Å²) in [4.78, 5) is 13.4. The van der Waals surface area contributed by atoms with Crippen LogP contribution < -0.4 is 11.2 Å². The van der Waals surface area contributed by atoms with Gasteiger partial charge in [0.05, 0.1) is 5.52 Å². The number of imidazole rings is 1. The maximum Gasteiger partial charge on any atom is 0.154 e. The van der Waals surface area contributed by atoms with Crippen LogP contribution in [-0.4, -0.2) is 32.8 Å². The van der Waals surface area contributed by atoms with Crippen molar-refractivity contribution < 1.29 is 4.74 Å². The molecule has 0 atom stereocenters. The number of anilines is 1. The minimum atomic E-state index is 0.403. The minimum absolute atomic E-state index is 0.403. The van der Waals surface area contributed by atoms with Crippen molar-refractivity contribution in [3.63, 3.8) is 0 Å². The summed E-state index contributed by atoms with van der Waals surface area (Å²) in [6.45, 7) is 9.76. The van der Waals surface area contributed by atoms with Gasteiger partial charge in [-0.1, -0.05) is 13.8 Å². The van der Waals surface area contributed by atoms with Crippen molar-refractivity contribution in [2.75, 3.05) is 24.3 Å². The Labute approximate surface area is 135 Å². The molecule has 3 rings (SSSR count). The molecule has 7 nitrogen and oxygen atoms in total. The van der Waals surface area contributed by atoms with Crippen LogP contribution in [0.1, 0.15) is 33.5 Å². The molecular weight excluding hydrogens is 292 g/mol. The second kappa shape index (κ2) is 7.73. The first kappa shape index (κ1) is 17.0. The highest BCUT2D eigenvalue weighted by Gasteiger charge is 2.17. The van der Waals surface area contributed by atoms with Crippen molar-refractivity contribution in [2.45, 2.75) is 34.3 Å². The molecule has 0 saturated heterocycles. The predicted octanol–water partition coefficient (Wildman–Crippen LogP) is 2.69. The molecule has 0 aliphatic heterocycles. The van der Waals surface area contributed by atoms with Crippen LogP contribution in [-0.2, 0) is 11.3 Å². The van der Waals surface area contributed by atoms with Crippen molar-refractivity contribution >= 4 is 27.9 Å². The zero-order valence-electron chi connectivity index (χ0n) is 14.1. The van der Waals surface area contributed by atoms with Crippen molar-refractivity contribution in [2.24, 2.45) is 0 Å². The van der Waals surface area contributed by atoms with Gasteiger partial charge in [0.1, 0.15) is 23.2 Å². The number of fused-ring (bicyclic) bond motifs is 3. The monoisotopic (exact) mass is 316 g/mol. The summed E-state index contributed by atoms with van der Waals surface area (Å²) in [5.74, 6) is 1.17. The molecule has 0 aliphatic rings. The topological polar surface area (TPSA) is 90.9 Å². The number of nitrogen functional groups attached to an aromatic ring is 1. The Hall–Kier alpha value is -2.41. The summed E-state index contributed by atoms with van der Waals surface area (Å²) in [6.07, 6.45) is 1.74. The average molecular weight is 316 g/mol. The average Bonchev–Trinajstić information content (AvgIpc) is 2.95. The van der Waals surface area contributed by atoms with Crippen LogP contribution in [0.25, 0.3) is 22.1 Å². The molecule has 124 valence electrons. The molecular formula is C16H24N6O. The third-order valence-electron chi connectivity index (χ3n) is 3.19. The number of pyridine rings is 2. The third-order valence-corrected chi connectivity index (χ3v) is 3.19. The molecule has 0 aliphatic carbocycles. The molecule has 0 fully saturated rings.